The van der Waals surface area contributed by atoms with Gasteiger partial charge in [0.15, 0.2) is 5.58 Å². The molecule has 0 fully saturated rings. The van der Waals surface area contributed by atoms with Gasteiger partial charge in [0, 0.05) is 23.4 Å². The maximum absolute atomic E-state index is 6.16. The summed E-state index contributed by atoms with van der Waals surface area (Å²) < 4.78 is 5.37. The van der Waals surface area contributed by atoms with E-state index in [1.807, 2.05) is 62.4 Å². The minimum atomic E-state index is -0.202. The molecule has 0 saturated carbocycles. The van der Waals surface area contributed by atoms with Crippen molar-refractivity contribution in [3.8, 4) is 23.6 Å². The van der Waals surface area contributed by atoms with Gasteiger partial charge < -0.3 is 10.3 Å². The van der Waals surface area contributed by atoms with Gasteiger partial charge in [-0.15, -0.1) is 12.3 Å². The quantitative estimate of drug-likeness (QED) is 0.721. The molecule has 0 amide bonds. The van der Waals surface area contributed by atoms with Crippen molar-refractivity contribution in [1.82, 2.24) is 5.16 Å². The van der Waals surface area contributed by atoms with Gasteiger partial charge in [-0.2, -0.15) is 0 Å². The van der Waals surface area contributed by atoms with Crippen LogP contribution in [0.15, 0.2) is 53.1 Å². The zero-order valence-corrected chi connectivity index (χ0v) is 12.9. The topological polar surface area (TPSA) is 52.0 Å². The Bertz CT molecular complexity index is 783. The number of terminal acetylenes is 1. The highest BCUT2D eigenvalue weighted by atomic mass is 16.5. The van der Waals surface area contributed by atoms with E-state index >= 15 is 0 Å². The van der Waals surface area contributed by atoms with Gasteiger partial charge in [-0.3, -0.25) is 0 Å². The van der Waals surface area contributed by atoms with E-state index in [1.54, 1.807) is 0 Å². The molecule has 0 spiro atoms. The summed E-state index contributed by atoms with van der Waals surface area (Å²) in [4.78, 5) is 0. The molecule has 1 atom stereocenters. The predicted molar refractivity (Wildman–Crippen MR) is 91.2 cm³/mol. The number of hydrogen-bond donors (Lipinski definition) is 1. The number of rotatable bonds is 3. The number of nitrogens with zero attached hydrogens (tertiary/aromatic N) is 1. The molecule has 0 saturated heterocycles. The summed E-state index contributed by atoms with van der Waals surface area (Å²) in [7, 11) is 0. The van der Waals surface area contributed by atoms with Crippen molar-refractivity contribution >= 4 is 11.0 Å². The SMILES string of the molecule is C#CCC(N)c1ccccc1-c1noc2ccccc12.CC. The highest BCUT2D eigenvalue weighted by molar-refractivity contribution is 5.92. The molecule has 112 valence electrons. The molecular weight excluding hydrogens is 272 g/mol. The van der Waals surface area contributed by atoms with Gasteiger partial charge in [0.25, 0.3) is 0 Å². The minimum absolute atomic E-state index is 0.202. The first-order valence-corrected chi connectivity index (χ1v) is 7.44. The molecule has 3 rings (SSSR count). The van der Waals surface area contributed by atoms with Crippen LogP contribution in [0.3, 0.4) is 0 Å². The van der Waals surface area contributed by atoms with Gasteiger partial charge in [-0.1, -0.05) is 55.4 Å². The highest BCUT2D eigenvalue weighted by Gasteiger charge is 2.16. The monoisotopic (exact) mass is 292 g/mol. The van der Waals surface area contributed by atoms with Crippen LogP contribution in [-0.2, 0) is 0 Å². The standard InChI is InChI=1S/C17H14N2O.C2H6/c1-2-7-15(18)12-8-3-4-9-13(12)17-14-10-5-6-11-16(14)20-19-17;1-2/h1,3-6,8-11,15H,7,18H2;1-2H3. The van der Waals surface area contributed by atoms with E-state index in [9.17, 15) is 0 Å². The molecule has 2 aromatic carbocycles. The second-order valence-corrected chi connectivity index (χ2v) is 4.63. The smallest absolute Gasteiger partial charge is 0.167 e. The summed E-state index contributed by atoms with van der Waals surface area (Å²) >= 11 is 0. The Morgan fingerprint density at radius 1 is 1.14 bits per heavy atom. The lowest BCUT2D eigenvalue weighted by atomic mass is 9.95. The Kier molecular flexibility index (Phi) is 5.35. The van der Waals surface area contributed by atoms with Crippen molar-refractivity contribution in [2.24, 2.45) is 5.73 Å². The molecule has 3 nitrogen and oxygen atoms in total. The van der Waals surface area contributed by atoms with Crippen LogP contribution < -0.4 is 5.73 Å². The third kappa shape index (κ3) is 3.03. The Hall–Kier alpha value is -2.57. The van der Waals surface area contributed by atoms with Crippen LogP contribution in [0.25, 0.3) is 22.2 Å². The average Bonchev–Trinajstić information content (AvgIpc) is 3.01. The maximum Gasteiger partial charge on any atom is 0.167 e. The third-order valence-corrected chi connectivity index (χ3v) is 3.33. The molecular formula is C19H20N2O. The fourth-order valence-corrected chi connectivity index (χ4v) is 2.35. The van der Waals surface area contributed by atoms with E-state index in [0.717, 1.165) is 27.8 Å². The van der Waals surface area contributed by atoms with E-state index < -0.39 is 0 Å². The Morgan fingerprint density at radius 3 is 2.59 bits per heavy atom. The predicted octanol–water partition coefficient (Wildman–Crippen LogP) is 4.54. The number of para-hydroxylation sites is 1. The maximum atomic E-state index is 6.16. The fraction of sp³-hybridized carbons (Fsp3) is 0.211. The van der Waals surface area contributed by atoms with Gasteiger partial charge in [0.05, 0.1) is 0 Å². The average molecular weight is 292 g/mol. The van der Waals surface area contributed by atoms with E-state index in [0.29, 0.717) is 6.42 Å². The fourth-order valence-electron chi connectivity index (χ4n) is 2.35. The van der Waals surface area contributed by atoms with Gasteiger partial charge in [0.2, 0.25) is 0 Å². The first-order valence-electron chi connectivity index (χ1n) is 7.44. The van der Waals surface area contributed by atoms with E-state index in [4.69, 9.17) is 16.7 Å². The van der Waals surface area contributed by atoms with Crippen molar-refractivity contribution in [3.05, 3.63) is 54.1 Å². The Labute approximate surface area is 131 Å². The van der Waals surface area contributed by atoms with E-state index in [-0.39, 0.29) is 6.04 Å². The molecule has 0 aliphatic rings. The molecule has 1 unspecified atom stereocenters. The van der Waals surface area contributed by atoms with Crippen LogP contribution in [0, 0.1) is 12.3 Å². The molecule has 0 aliphatic carbocycles. The molecule has 22 heavy (non-hydrogen) atoms. The highest BCUT2D eigenvalue weighted by Crippen LogP contribution is 2.32. The van der Waals surface area contributed by atoms with Crippen molar-refractivity contribution in [2.45, 2.75) is 26.3 Å². The lowest BCUT2D eigenvalue weighted by molar-refractivity contribution is 0.459. The van der Waals surface area contributed by atoms with Crippen molar-refractivity contribution in [2.75, 3.05) is 0 Å². The molecule has 3 heteroatoms. The van der Waals surface area contributed by atoms with Crippen LogP contribution in [0.5, 0.6) is 0 Å². The third-order valence-electron chi connectivity index (χ3n) is 3.33. The molecule has 0 aliphatic heterocycles. The Balaban J connectivity index is 0.000000847. The second kappa shape index (κ2) is 7.44. The van der Waals surface area contributed by atoms with Gasteiger partial charge >= 0.3 is 0 Å². The van der Waals surface area contributed by atoms with Crippen LogP contribution >= 0.6 is 0 Å². The Morgan fingerprint density at radius 2 is 1.82 bits per heavy atom. The lowest BCUT2D eigenvalue weighted by Gasteiger charge is -2.12. The summed E-state index contributed by atoms with van der Waals surface area (Å²) in [5.74, 6) is 2.61. The van der Waals surface area contributed by atoms with Crippen molar-refractivity contribution < 1.29 is 4.52 Å². The molecule has 2 N–H and O–H groups in total. The van der Waals surface area contributed by atoms with Crippen LogP contribution in [0.4, 0.5) is 0 Å². The molecule has 3 aromatic rings. The molecule has 0 bridgehead atoms. The van der Waals surface area contributed by atoms with E-state index in [1.165, 1.54) is 0 Å². The first kappa shape index (κ1) is 15.8. The van der Waals surface area contributed by atoms with Gasteiger partial charge in [-0.25, -0.2) is 0 Å². The summed E-state index contributed by atoms with van der Waals surface area (Å²) in [5, 5.41) is 5.17. The van der Waals surface area contributed by atoms with Gasteiger partial charge in [-0.05, 0) is 17.7 Å². The summed E-state index contributed by atoms with van der Waals surface area (Å²) in [5.41, 5.74) is 9.69. The van der Waals surface area contributed by atoms with Crippen LogP contribution in [-0.4, -0.2) is 5.16 Å². The number of fused-ring (bicyclic) bond motifs is 1. The largest absolute Gasteiger partial charge is 0.356 e. The van der Waals surface area contributed by atoms with Crippen LogP contribution in [0.2, 0.25) is 0 Å². The summed E-state index contributed by atoms with van der Waals surface area (Å²) in [6.45, 7) is 4.00. The molecule has 1 aromatic heterocycles. The van der Waals surface area contributed by atoms with Crippen molar-refractivity contribution in [1.29, 1.82) is 0 Å². The lowest BCUT2D eigenvalue weighted by Crippen LogP contribution is -2.10. The van der Waals surface area contributed by atoms with Gasteiger partial charge in [0.1, 0.15) is 5.69 Å². The second-order valence-electron chi connectivity index (χ2n) is 4.63. The summed E-state index contributed by atoms with van der Waals surface area (Å²) in [6, 6.07) is 15.5. The molecule has 1 heterocycles. The number of benzene rings is 2. The summed E-state index contributed by atoms with van der Waals surface area (Å²) in [6.07, 6.45) is 5.85. The number of aromatic nitrogens is 1. The van der Waals surface area contributed by atoms with Crippen molar-refractivity contribution in [3.63, 3.8) is 0 Å². The minimum Gasteiger partial charge on any atom is -0.356 e. The molecule has 0 radical (unpaired) electrons. The number of hydrogen-bond acceptors (Lipinski definition) is 3. The zero-order chi connectivity index (χ0) is 15.9. The van der Waals surface area contributed by atoms with E-state index in [2.05, 4.69) is 11.1 Å². The van der Waals surface area contributed by atoms with Crippen LogP contribution in [0.1, 0.15) is 31.9 Å². The normalized spacial score (nSPS) is 11.4. The number of nitrogens with two attached hydrogens (primary N) is 1. The zero-order valence-electron chi connectivity index (χ0n) is 12.9. The first-order chi connectivity index (χ1) is 10.8.